The van der Waals surface area contributed by atoms with Gasteiger partial charge in [-0.15, -0.1) is 13.2 Å². The Bertz CT molecular complexity index is 158. The van der Waals surface area contributed by atoms with Gasteiger partial charge in [0.25, 0.3) is 0 Å². The van der Waals surface area contributed by atoms with E-state index >= 15 is 0 Å². The summed E-state index contributed by atoms with van der Waals surface area (Å²) in [4.78, 5) is 10.8. The number of carbonyl (C=O) groups excluding carboxylic acids is 1. The molecule has 0 radical (unpaired) electrons. The van der Waals surface area contributed by atoms with Crippen LogP contribution in [0.2, 0.25) is 0 Å². The molecular weight excluding hydrogens is 148 g/mol. The van der Waals surface area contributed by atoms with E-state index in [4.69, 9.17) is 0 Å². The lowest BCUT2D eigenvalue weighted by molar-refractivity contribution is -0.117. The molecular formula is C11H18O. The second kappa shape index (κ2) is 6.84. The SMILES string of the molecule is C=CCCCC(C=C)CC(C)=O. The molecule has 0 bridgehead atoms. The fourth-order valence-electron chi connectivity index (χ4n) is 1.20. The maximum Gasteiger partial charge on any atom is 0.130 e. The summed E-state index contributed by atoms with van der Waals surface area (Å²) < 4.78 is 0. The number of ketones is 1. The van der Waals surface area contributed by atoms with Gasteiger partial charge in [0, 0.05) is 6.42 Å². The fraction of sp³-hybridized carbons (Fsp3) is 0.545. The van der Waals surface area contributed by atoms with Crippen molar-refractivity contribution in [3.05, 3.63) is 25.3 Å². The fourth-order valence-corrected chi connectivity index (χ4v) is 1.20. The Hall–Kier alpha value is -0.850. The number of hydrogen-bond acceptors (Lipinski definition) is 1. The molecule has 68 valence electrons. The molecule has 0 rings (SSSR count). The van der Waals surface area contributed by atoms with E-state index < -0.39 is 0 Å². The van der Waals surface area contributed by atoms with Gasteiger partial charge in [0.15, 0.2) is 0 Å². The van der Waals surface area contributed by atoms with Crippen LogP contribution in [0.1, 0.15) is 32.6 Å². The third kappa shape index (κ3) is 5.90. The molecule has 1 unspecified atom stereocenters. The van der Waals surface area contributed by atoms with Gasteiger partial charge in [-0.05, 0) is 32.1 Å². The van der Waals surface area contributed by atoms with Gasteiger partial charge < -0.3 is 4.79 Å². The molecule has 0 aromatic heterocycles. The van der Waals surface area contributed by atoms with Crippen LogP contribution in [0.3, 0.4) is 0 Å². The number of unbranched alkanes of at least 4 members (excludes halogenated alkanes) is 1. The van der Waals surface area contributed by atoms with E-state index in [2.05, 4.69) is 13.2 Å². The largest absolute Gasteiger partial charge is 0.300 e. The van der Waals surface area contributed by atoms with Gasteiger partial charge in [0.1, 0.15) is 5.78 Å². The summed E-state index contributed by atoms with van der Waals surface area (Å²) in [6, 6.07) is 0. The van der Waals surface area contributed by atoms with E-state index in [1.165, 1.54) is 0 Å². The van der Waals surface area contributed by atoms with Crippen molar-refractivity contribution in [1.29, 1.82) is 0 Å². The minimum absolute atomic E-state index is 0.249. The van der Waals surface area contributed by atoms with Crippen molar-refractivity contribution < 1.29 is 4.79 Å². The van der Waals surface area contributed by atoms with Gasteiger partial charge >= 0.3 is 0 Å². The van der Waals surface area contributed by atoms with Gasteiger partial charge in [0.05, 0.1) is 0 Å². The van der Waals surface area contributed by atoms with Crippen LogP contribution < -0.4 is 0 Å². The Morgan fingerprint density at radius 2 is 2.17 bits per heavy atom. The summed E-state index contributed by atoms with van der Waals surface area (Å²) in [6.07, 6.45) is 7.61. The van der Waals surface area contributed by atoms with Crippen molar-refractivity contribution in [2.45, 2.75) is 32.6 Å². The zero-order valence-corrected chi connectivity index (χ0v) is 7.88. The number of allylic oxidation sites excluding steroid dienone is 2. The first-order valence-electron chi connectivity index (χ1n) is 4.43. The highest BCUT2D eigenvalue weighted by atomic mass is 16.1. The Morgan fingerprint density at radius 1 is 1.50 bits per heavy atom. The monoisotopic (exact) mass is 166 g/mol. The lowest BCUT2D eigenvalue weighted by atomic mass is 9.97. The van der Waals surface area contributed by atoms with Crippen LogP contribution in [-0.2, 0) is 4.79 Å². The molecule has 0 saturated carbocycles. The molecule has 0 N–H and O–H groups in total. The third-order valence-corrected chi connectivity index (χ3v) is 1.87. The van der Waals surface area contributed by atoms with E-state index in [-0.39, 0.29) is 5.78 Å². The highest BCUT2D eigenvalue weighted by Crippen LogP contribution is 2.14. The molecule has 1 nitrogen and oxygen atoms in total. The van der Waals surface area contributed by atoms with Crippen LogP contribution >= 0.6 is 0 Å². The Kier molecular flexibility index (Phi) is 6.35. The van der Waals surface area contributed by atoms with E-state index in [0.717, 1.165) is 19.3 Å². The molecule has 0 heterocycles. The molecule has 0 aromatic carbocycles. The van der Waals surface area contributed by atoms with Crippen LogP contribution in [-0.4, -0.2) is 5.78 Å². The van der Waals surface area contributed by atoms with Crippen LogP contribution in [0.15, 0.2) is 25.3 Å². The number of hydrogen-bond donors (Lipinski definition) is 0. The van der Waals surface area contributed by atoms with Crippen molar-refractivity contribution in [1.82, 2.24) is 0 Å². The second-order valence-corrected chi connectivity index (χ2v) is 3.12. The normalized spacial score (nSPS) is 12.1. The topological polar surface area (TPSA) is 17.1 Å². The molecule has 0 fully saturated rings. The second-order valence-electron chi connectivity index (χ2n) is 3.12. The average Bonchev–Trinajstić information content (AvgIpc) is 2.02. The highest BCUT2D eigenvalue weighted by Gasteiger charge is 2.05. The van der Waals surface area contributed by atoms with Gasteiger partial charge in [-0.25, -0.2) is 0 Å². The van der Waals surface area contributed by atoms with Gasteiger partial charge in [-0.1, -0.05) is 12.2 Å². The Morgan fingerprint density at radius 3 is 2.58 bits per heavy atom. The molecule has 0 aliphatic carbocycles. The number of carbonyl (C=O) groups is 1. The minimum Gasteiger partial charge on any atom is -0.300 e. The van der Waals surface area contributed by atoms with Crippen LogP contribution in [0.4, 0.5) is 0 Å². The van der Waals surface area contributed by atoms with Gasteiger partial charge in [-0.3, -0.25) is 0 Å². The van der Waals surface area contributed by atoms with Crippen LogP contribution in [0.5, 0.6) is 0 Å². The summed E-state index contributed by atoms with van der Waals surface area (Å²) in [5.74, 6) is 0.612. The molecule has 0 amide bonds. The first kappa shape index (κ1) is 11.2. The molecule has 12 heavy (non-hydrogen) atoms. The van der Waals surface area contributed by atoms with Gasteiger partial charge in [-0.2, -0.15) is 0 Å². The number of rotatable bonds is 7. The zero-order chi connectivity index (χ0) is 9.40. The van der Waals surface area contributed by atoms with E-state index in [9.17, 15) is 4.79 Å². The van der Waals surface area contributed by atoms with Crippen molar-refractivity contribution in [2.24, 2.45) is 5.92 Å². The van der Waals surface area contributed by atoms with Crippen molar-refractivity contribution in [3.8, 4) is 0 Å². The molecule has 0 aromatic rings. The molecule has 0 spiro atoms. The molecule has 1 heteroatoms. The Labute approximate surface area is 75.2 Å². The molecule has 0 aliphatic rings. The van der Waals surface area contributed by atoms with Crippen LogP contribution in [0.25, 0.3) is 0 Å². The van der Waals surface area contributed by atoms with Crippen LogP contribution in [0, 0.1) is 5.92 Å². The zero-order valence-electron chi connectivity index (χ0n) is 7.88. The summed E-state index contributed by atoms with van der Waals surface area (Å²) in [7, 11) is 0. The molecule has 0 aliphatic heterocycles. The number of Topliss-reactive ketones (excluding diaryl/α,β-unsaturated/α-hetero) is 1. The van der Waals surface area contributed by atoms with E-state index in [1.54, 1.807) is 6.92 Å². The first-order chi connectivity index (χ1) is 5.70. The summed E-state index contributed by atoms with van der Waals surface area (Å²) >= 11 is 0. The van der Waals surface area contributed by atoms with Crippen molar-refractivity contribution >= 4 is 5.78 Å². The molecule has 1 atom stereocenters. The average molecular weight is 166 g/mol. The summed E-state index contributed by atoms with van der Waals surface area (Å²) in [5.41, 5.74) is 0. The maximum absolute atomic E-state index is 10.8. The highest BCUT2D eigenvalue weighted by molar-refractivity contribution is 5.75. The van der Waals surface area contributed by atoms with Crippen molar-refractivity contribution in [3.63, 3.8) is 0 Å². The third-order valence-electron chi connectivity index (χ3n) is 1.87. The standard InChI is InChI=1S/C11H18O/c1-4-6-7-8-11(5-2)9-10(3)12/h4-5,11H,1-2,6-9H2,3H3. The molecule has 0 saturated heterocycles. The lowest BCUT2D eigenvalue weighted by Gasteiger charge is -2.08. The predicted molar refractivity (Wildman–Crippen MR) is 53.0 cm³/mol. The lowest BCUT2D eigenvalue weighted by Crippen LogP contribution is -2.02. The smallest absolute Gasteiger partial charge is 0.130 e. The predicted octanol–water partition coefficient (Wildman–Crippen LogP) is 3.12. The summed E-state index contributed by atoms with van der Waals surface area (Å²) in [5, 5.41) is 0. The maximum atomic E-state index is 10.8. The minimum atomic E-state index is 0.249. The quantitative estimate of drug-likeness (QED) is 0.419. The van der Waals surface area contributed by atoms with E-state index in [1.807, 2.05) is 12.2 Å². The summed E-state index contributed by atoms with van der Waals surface area (Å²) in [6.45, 7) is 9.00. The van der Waals surface area contributed by atoms with Crippen molar-refractivity contribution in [2.75, 3.05) is 0 Å². The van der Waals surface area contributed by atoms with Gasteiger partial charge in [0.2, 0.25) is 0 Å². The van der Waals surface area contributed by atoms with E-state index in [0.29, 0.717) is 12.3 Å². The first-order valence-corrected chi connectivity index (χ1v) is 4.43. The Balaban J connectivity index is 3.59.